The van der Waals surface area contributed by atoms with Gasteiger partial charge in [0.05, 0.1) is 23.1 Å². The van der Waals surface area contributed by atoms with Gasteiger partial charge in [0.1, 0.15) is 5.82 Å². The second-order valence-corrected chi connectivity index (χ2v) is 8.30. The molecule has 0 bridgehead atoms. The Morgan fingerprint density at radius 3 is 2.34 bits per heavy atom. The molecular weight excluding hydrogens is 417 g/mol. The number of ether oxygens (including phenoxy) is 1. The Balaban J connectivity index is 2.40. The second kappa shape index (κ2) is 9.82. The highest BCUT2D eigenvalue weighted by molar-refractivity contribution is 7.89. The Bertz CT molecular complexity index is 1020. The van der Waals surface area contributed by atoms with Crippen LogP contribution in [-0.4, -0.2) is 27.0 Å². The van der Waals surface area contributed by atoms with Gasteiger partial charge < -0.3 is 4.74 Å². The third-order valence-corrected chi connectivity index (χ3v) is 5.76. The summed E-state index contributed by atoms with van der Waals surface area (Å²) >= 11 is 6.29. The zero-order chi connectivity index (χ0) is 21.6. The van der Waals surface area contributed by atoms with Crippen LogP contribution < -0.4 is 4.72 Å². The Morgan fingerprint density at radius 2 is 1.79 bits per heavy atom. The lowest BCUT2D eigenvalue weighted by Gasteiger charge is -2.18. The molecule has 0 saturated heterocycles. The molecular formula is C21H21ClFNO4S. The Morgan fingerprint density at radius 1 is 1.21 bits per heavy atom. The van der Waals surface area contributed by atoms with Gasteiger partial charge >= 0.3 is 5.97 Å². The zero-order valence-electron chi connectivity index (χ0n) is 16.0. The van der Waals surface area contributed by atoms with Crippen molar-refractivity contribution in [2.24, 2.45) is 0 Å². The highest BCUT2D eigenvalue weighted by atomic mass is 35.5. The third-order valence-electron chi connectivity index (χ3n) is 3.96. The molecule has 0 radical (unpaired) electrons. The van der Waals surface area contributed by atoms with Gasteiger partial charge in [-0.3, -0.25) is 0 Å². The van der Waals surface area contributed by atoms with Crippen molar-refractivity contribution < 1.29 is 22.3 Å². The summed E-state index contributed by atoms with van der Waals surface area (Å²) in [6.45, 7) is 7.22. The van der Waals surface area contributed by atoms with Gasteiger partial charge in [-0.15, -0.1) is 0 Å². The molecule has 0 aliphatic rings. The number of halogens is 2. The number of carbonyl (C=O) groups is 1. The third kappa shape index (κ3) is 6.25. The van der Waals surface area contributed by atoms with Crippen LogP contribution in [0.25, 0.3) is 5.03 Å². The molecule has 154 valence electrons. The van der Waals surface area contributed by atoms with Crippen LogP contribution in [0.15, 0.2) is 71.7 Å². The van der Waals surface area contributed by atoms with E-state index in [1.165, 1.54) is 42.5 Å². The van der Waals surface area contributed by atoms with Gasteiger partial charge in [0.25, 0.3) is 0 Å². The van der Waals surface area contributed by atoms with E-state index in [0.717, 1.165) is 5.56 Å². The van der Waals surface area contributed by atoms with Crippen molar-refractivity contribution in [3.05, 3.63) is 83.7 Å². The van der Waals surface area contributed by atoms with E-state index in [0.29, 0.717) is 5.56 Å². The van der Waals surface area contributed by atoms with Crippen LogP contribution in [0.3, 0.4) is 0 Å². The minimum atomic E-state index is -3.99. The summed E-state index contributed by atoms with van der Waals surface area (Å²) in [6.07, 6.45) is 1.32. The van der Waals surface area contributed by atoms with Crippen LogP contribution in [0.5, 0.6) is 0 Å². The maximum atomic E-state index is 13.1. The summed E-state index contributed by atoms with van der Waals surface area (Å²) < 4.78 is 46.0. The van der Waals surface area contributed by atoms with Crippen molar-refractivity contribution in [1.29, 1.82) is 0 Å². The Labute approximate surface area is 174 Å². The van der Waals surface area contributed by atoms with E-state index in [1.54, 1.807) is 19.1 Å². The number of sulfonamides is 1. The molecule has 0 spiro atoms. The topological polar surface area (TPSA) is 72.5 Å². The molecule has 2 aromatic rings. The molecule has 0 saturated carbocycles. The molecule has 0 fully saturated rings. The molecule has 0 aromatic heterocycles. The predicted molar refractivity (Wildman–Crippen MR) is 111 cm³/mol. The van der Waals surface area contributed by atoms with Crippen LogP contribution in [0.4, 0.5) is 4.39 Å². The van der Waals surface area contributed by atoms with E-state index in [9.17, 15) is 17.6 Å². The van der Waals surface area contributed by atoms with E-state index in [4.69, 9.17) is 16.3 Å². The molecule has 8 heteroatoms. The van der Waals surface area contributed by atoms with Gasteiger partial charge in [-0.1, -0.05) is 48.0 Å². The van der Waals surface area contributed by atoms with Gasteiger partial charge in [0.15, 0.2) is 0 Å². The van der Waals surface area contributed by atoms with Gasteiger partial charge in [0, 0.05) is 5.03 Å². The summed E-state index contributed by atoms with van der Waals surface area (Å²) in [4.78, 5) is 12.2. The van der Waals surface area contributed by atoms with E-state index < -0.39 is 27.9 Å². The molecule has 0 aliphatic heterocycles. The van der Waals surface area contributed by atoms with Crippen LogP contribution >= 0.6 is 11.6 Å². The fraction of sp³-hybridized carbons (Fsp3) is 0.190. The minimum absolute atomic E-state index is 0.0241. The molecule has 0 aliphatic carbocycles. The highest BCUT2D eigenvalue weighted by Gasteiger charge is 2.25. The molecule has 2 rings (SSSR count). The summed E-state index contributed by atoms with van der Waals surface area (Å²) in [5, 5.41) is 0.118. The molecule has 0 heterocycles. The van der Waals surface area contributed by atoms with Crippen molar-refractivity contribution in [1.82, 2.24) is 4.72 Å². The van der Waals surface area contributed by atoms with E-state index in [1.807, 2.05) is 6.92 Å². The zero-order valence-corrected chi connectivity index (χ0v) is 17.6. The molecule has 29 heavy (non-hydrogen) atoms. The first-order chi connectivity index (χ1) is 13.6. The Hall–Kier alpha value is -2.48. The summed E-state index contributed by atoms with van der Waals surface area (Å²) in [7, 11) is -3.99. The smallest absolute Gasteiger partial charge is 0.335 e. The monoisotopic (exact) mass is 437 g/mol. The number of esters is 1. The van der Waals surface area contributed by atoms with Crippen LogP contribution in [0, 0.1) is 12.7 Å². The number of hydrogen-bond donors (Lipinski definition) is 1. The summed E-state index contributed by atoms with van der Waals surface area (Å²) in [5.74, 6) is -1.20. The molecule has 1 atom stereocenters. The van der Waals surface area contributed by atoms with Crippen molar-refractivity contribution in [3.8, 4) is 0 Å². The lowest BCUT2D eigenvalue weighted by atomic mass is 10.1. The van der Waals surface area contributed by atoms with Crippen molar-refractivity contribution in [3.63, 3.8) is 0 Å². The maximum absolute atomic E-state index is 13.1. The van der Waals surface area contributed by atoms with Crippen LogP contribution in [0.1, 0.15) is 18.1 Å². The van der Waals surface area contributed by atoms with Gasteiger partial charge in [-0.25, -0.2) is 17.6 Å². The lowest BCUT2D eigenvalue weighted by molar-refractivity contribution is -0.138. The number of aryl methyl sites for hydroxylation is 1. The average Bonchev–Trinajstić information content (AvgIpc) is 2.67. The Kier molecular flexibility index (Phi) is 7.73. The number of carbonyl (C=O) groups excluding carboxylic acids is 1. The quantitative estimate of drug-likeness (QED) is 0.496. The minimum Gasteiger partial charge on any atom is -0.463 e. The predicted octanol–water partition coefficient (Wildman–Crippen LogP) is 4.18. The van der Waals surface area contributed by atoms with E-state index in [2.05, 4.69) is 11.3 Å². The van der Waals surface area contributed by atoms with Crippen LogP contribution in [-0.2, 0) is 19.6 Å². The molecule has 1 N–H and O–H groups in total. The number of rotatable bonds is 8. The van der Waals surface area contributed by atoms with Crippen molar-refractivity contribution in [2.45, 2.75) is 24.8 Å². The fourth-order valence-corrected chi connectivity index (χ4v) is 3.79. The van der Waals surface area contributed by atoms with Gasteiger partial charge in [-0.05, 0) is 49.8 Å². The van der Waals surface area contributed by atoms with Crippen molar-refractivity contribution in [2.75, 3.05) is 6.61 Å². The van der Waals surface area contributed by atoms with Gasteiger partial charge in [0.2, 0.25) is 10.0 Å². The molecule has 5 nitrogen and oxygen atoms in total. The average molecular weight is 438 g/mol. The normalized spacial score (nSPS) is 13.0. The highest BCUT2D eigenvalue weighted by Crippen LogP contribution is 2.22. The number of benzene rings is 2. The standard InChI is InChI=1S/C21H21ClFNO4S/c1-4-28-21(25)15(3)20(13-19(22)16-7-9-17(23)10-8-16)24-29(26,27)18-11-5-14(2)6-12-18/h5-13,20,24H,3-4H2,1-2H3/b19-13-. The second-order valence-electron chi connectivity index (χ2n) is 6.18. The largest absolute Gasteiger partial charge is 0.463 e. The van der Waals surface area contributed by atoms with Crippen molar-refractivity contribution >= 4 is 32.6 Å². The molecule has 2 aromatic carbocycles. The first-order valence-electron chi connectivity index (χ1n) is 8.72. The SMILES string of the molecule is C=C(C(=O)OCC)C(/C=C(\Cl)c1ccc(F)cc1)NS(=O)(=O)c1ccc(C)cc1. The van der Waals surface area contributed by atoms with E-state index in [-0.39, 0.29) is 22.1 Å². The molecule has 0 amide bonds. The lowest BCUT2D eigenvalue weighted by Crippen LogP contribution is -2.37. The van der Waals surface area contributed by atoms with E-state index >= 15 is 0 Å². The number of nitrogens with one attached hydrogen (secondary N) is 1. The fourth-order valence-electron chi connectivity index (χ4n) is 2.36. The first-order valence-corrected chi connectivity index (χ1v) is 10.6. The molecule has 1 unspecified atom stereocenters. The van der Waals surface area contributed by atoms with Crippen LogP contribution in [0.2, 0.25) is 0 Å². The van der Waals surface area contributed by atoms with Gasteiger partial charge in [-0.2, -0.15) is 4.72 Å². The maximum Gasteiger partial charge on any atom is 0.335 e. The summed E-state index contributed by atoms with van der Waals surface area (Å²) in [6, 6.07) is 10.4. The summed E-state index contributed by atoms with van der Waals surface area (Å²) in [5.41, 5.74) is 1.21. The first kappa shape index (κ1) is 22.8. The number of hydrogen-bond acceptors (Lipinski definition) is 4.